The number of hydrogen-bond acceptors (Lipinski definition) is 4. The first kappa shape index (κ1) is 15.3. The standard InChI is InChI=1S/C9H12F4N4O2/c1-3-8(4-2,7(18)19)17-6(14-15-16-17)9(12,13)5(10)11/h5H,3-4H2,1-2H3,(H,18,19). The molecule has 0 atom stereocenters. The van der Waals surface area contributed by atoms with E-state index in [1.54, 1.807) is 0 Å². The molecule has 0 aromatic carbocycles. The Morgan fingerprint density at radius 2 is 1.89 bits per heavy atom. The van der Waals surface area contributed by atoms with Crippen LogP contribution in [0.1, 0.15) is 32.5 Å². The van der Waals surface area contributed by atoms with E-state index < -0.39 is 29.7 Å². The Morgan fingerprint density at radius 3 is 2.26 bits per heavy atom. The van der Waals surface area contributed by atoms with Gasteiger partial charge in [-0.3, -0.25) is 0 Å². The average molecular weight is 284 g/mol. The summed E-state index contributed by atoms with van der Waals surface area (Å²) in [5, 5.41) is 18.1. The Kier molecular flexibility index (Phi) is 4.11. The van der Waals surface area contributed by atoms with Crippen molar-refractivity contribution in [1.29, 1.82) is 0 Å². The number of tetrazole rings is 1. The van der Waals surface area contributed by atoms with Crippen molar-refractivity contribution in [3.05, 3.63) is 5.82 Å². The summed E-state index contributed by atoms with van der Waals surface area (Å²) >= 11 is 0. The molecule has 0 unspecified atom stereocenters. The quantitative estimate of drug-likeness (QED) is 0.803. The van der Waals surface area contributed by atoms with E-state index in [1.807, 2.05) is 0 Å². The Bertz CT molecular complexity index is 459. The van der Waals surface area contributed by atoms with Crippen LogP contribution < -0.4 is 0 Å². The van der Waals surface area contributed by atoms with Crippen LogP contribution in [0.4, 0.5) is 17.6 Å². The topological polar surface area (TPSA) is 80.9 Å². The zero-order valence-electron chi connectivity index (χ0n) is 10.1. The molecule has 1 heterocycles. The minimum atomic E-state index is -4.62. The maximum atomic E-state index is 13.3. The molecule has 108 valence electrons. The maximum absolute atomic E-state index is 13.3. The van der Waals surface area contributed by atoms with Gasteiger partial charge in [0.1, 0.15) is 0 Å². The molecule has 0 amide bonds. The smallest absolute Gasteiger partial charge is 0.367 e. The fourth-order valence-corrected chi connectivity index (χ4v) is 1.72. The van der Waals surface area contributed by atoms with E-state index in [9.17, 15) is 27.5 Å². The van der Waals surface area contributed by atoms with Gasteiger partial charge in [-0.1, -0.05) is 13.8 Å². The van der Waals surface area contributed by atoms with Gasteiger partial charge in [-0.2, -0.15) is 8.78 Å². The lowest BCUT2D eigenvalue weighted by atomic mass is 9.93. The highest BCUT2D eigenvalue weighted by molar-refractivity contribution is 5.76. The third kappa shape index (κ3) is 2.26. The van der Waals surface area contributed by atoms with Crippen molar-refractivity contribution >= 4 is 5.97 Å². The highest BCUT2D eigenvalue weighted by atomic mass is 19.3. The largest absolute Gasteiger partial charge is 0.479 e. The number of carboxylic acids is 1. The molecule has 0 aliphatic carbocycles. The molecule has 1 aromatic rings. The van der Waals surface area contributed by atoms with Gasteiger partial charge in [-0.15, -0.1) is 5.10 Å². The summed E-state index contributed by atoms with van der Waals surface area (Å²) in [4.78, 5) is 11.3. The zero-order valence-corrected chi connectivity index (χ0v) is 10.1. The van der Waals surface area contributed by atoms with Gasteiger partial charge in [-0.25, -0.2) is 18.3 Å². The van der Waals surface area contributed by atoms with E-state index in [-0.39, 0.29) is 17.5 Å². The highest BCUT2D eigenvalue weighted by Gasteiger charge is 2.52. The summed E-state index contributed by atoms with van der Waals surface area (Å²) in [7, 11) is 0. The molecular weight excluding hydrogens is 272 g/mol. The molecule has 19 heavy (non-hydrogen) atoms. The molecule has 0 radical (unpaired) electrons. The molecule has 1 rings (SSSR count). The van der Waals surface area contributed by atoms with Crippen LogP contribution in [-0.4, -0.2) is 37.7 Å². The second-order valence-electron chi connectivity index (χ2n) is 3.88. The SMILES string of the molecule is CCC(CC)(C(=O)O)n1nnnc1C(F)(F)C(F)F. The number of hydrogen-bond donors (Lipinski definition) is 1. The van der Waals surface area contributed by atoms with Crippen LogP contribution in [0.5, 0.6) is 0 Å². The molecule has 0 saturated heterocycles. The number of aliphatic carboxylic acids is 1. The van der Waals surface area contributed by atoms with Crippen LogP contribution in [0, 0.1) is 0 Å². The predicted molar refractivity (Wildman–Crippen MR) is 53.9 cm³/mol. The predicted octanol–water partition coefficient (Wildman–Crippen LogP) is 1.63. The van der Waals surface area contributed by atoms with Crippen molar-refractivity contribution < 1.29 is 27.5 Å². The van der Waals surface area contributed by atoms with E-state index in [4.69, 9.17) is 0 Å². The number of nitrogens with zero attached hydrogens (tertiary/aromatic N) is 4. The van der Waals surface area contributed by atoms with Crippen molar-refractivity contribution in [1.82, 2.24) is 20.2 Å². The Balaban J connectivity index is 3.45. The molecule has 0 aliphatic rings. The summed E-state index contributed by atoms with van der Waals surface area (Å²) < 4.78 is 51.6. The van der Waals surface area contributed by atoms with E-state index in [0.717, 1.165) is 0 Å². The first-order valence-electron chi connectivity index (χ1n) is 5.42. The lowest BCUT2D eigenvalue weighted by molar-refractivity contribution is -0.156. The maximum Gasteiger partial charge on any atom is 0.367 e. The minimum Gasteiger partial charge on any atom is -0.479 e. The fraction of sp³-hybridized carbons (Fsp3) is 0.778. The third-order valence-corrected chi connectivity index (χ3v) is 3.02. The molecule has 10 heteroatoms. The van der Waals surface area contributed by atoms with Gasteiger partial charge in [0, 0.05) is 0 Å². The third-order valence-electron chi connectivity index (χ3n) is 3.02. The summed E-state index contributed by atoms with van der Waals surface area (Å²) in [6, 6.07) is 0. The minimum absolute atomic E-state index is 0.129. The number of rotatable bonds is 6. The van der Waals surface area contributed by atoms with Gasteiger partial charge in [0.2, 0.25) is 5.82 Å². The van der Waals surface area contributed by atoms with Crippen LogP contribution in [0.25, 0.3) is 0 Å². The second-order valence-corrected chi connectivity index (χ2v) is 3.88. The van der Waals surface area contributed by atoms with Gasteiger partial charge in [0.25, 0.3) is 0 Å². The van der Waals surface area contributed by atoms with Crippen LogP contribution in [0.15, 0.2) is 0 Å². The second kappa shape index (κ2) is 5.10. The summed E-state index contributed by atoms with van der Waals surface area (Å²) in [6.07, 6.45) is -4.29. The number of halogens is 4. The zero-order chi connectivity index (χ0) is 14.8. The van der Waals surface area contributed by atoms with Crippen LogP contribution in [0.3, 0.4) is 0 Å². The molecule has 6 nitrogen and oxygen atoms in total. The fourth-order valence-electron chi connectivity index (χ4n) is 1.72. The van der Waals surface area contributed by atoms with Crippen LogP contribution in [-0.2, 0) is 16.3 Å². The lowest BCUT2D eigenvalue weighted by Crippen LogP contribution is -2.45. The van der Waals surface area contributed by atoms with Gasteiger partial charge < -0.3 is 5.11 Å². The number of alkyl halides is 4. The molecular formula is C9H12F4N4O2. The normalized spacial score (nSPS) is 13.0. The van der Waals surface area contributed by atoms with E-state index in [1.165, 1.54) is 13.8 Å². The van der Waals surface area contributed by atoms with Crippen molar-refractivity contribution in [3.63, 3.8) is 0 Å². The molecule has 1 N–H and O–H groups in total. The lowest BCUT2D eigenvalue weighted by Gasteiger charge is -2.28. The highest BCUT2D eigenvalue weighted by Crippen LogP contribution is 2.36. The van der Waals surface area contributed by atoms with Gasteiger partial charge in [0.15, 0.2) is 5.54 Å². The number of carbonyl (C=O) groups is 1. The van der Waals surface area contributed by atoms with Crippen molar-refractivity contribution in [3.8, 4) is 0 Å². The molecule has 0 bridgehead atoms. The average Bonchev–Trinajstić information content (AvgIpc) is 2.81. The summed E-state index contributed by atoms with van der Waals surface area (Å²) in [5.41, 5.74) is -1.88. The van der Waals surface area contributed by atoms with Crippen molar-refractivity contribution in [2.75, 3.05) is 0 Å². The summed E-state index contributed by atoms with van der Waals surface area (Å²) in [5.74, 6) is -7.53. The Hall–Kier alpha value is -1.74. The monoisotopic (exact) mass is 284 g/mol. The molecule has 0 fully saturated rings. The Labute approximate surface area is 105 Å². The first-order valence-corrected chi connectivity index (χ1v) is 5.42. The van der Waals surface area contributed by atoms with Crippen LogP contribution in [0.2, 0.25) is 0 Å². The number of aromatic nitrogens is 4. The van der Waals surface area contributed by atoms with Crippen molar-refractivity contribution in [2.24, 2.45) is 0 Å². The van der Waals surface area contributed by atoms with E-state index in [0.29, 0.717) is 0 Å². The number of carboxylic acid groups (broad SMARTS) is 1. The van der Waals surface area contributed by atoms with Crippen molar-refractivity contribution in [2.45, 2.75) is 44.6 Å². The molecule has 0 aliphatic heterocycles. The van der Waals surface area contributed by atoms with E-state index in [2.05, 4.69) is 15.5 Å². The van der Waals surface area contributed by atoms with Gasteiger partial charge in [-0.05, 0) is 23.3 Å². The van der Waals surface area contributed by atoms with E-state index >= 15 is 0 Å². The summed E-state index contributed by atoms with van der Waals surface area (Å²) in [6.45, 7) is 2.84. The molecule has 0 saturated carbocycles. The van der Waals surface area contributed by atoms with Crippen LogP contribution >= 0.6 is 0 Å². The first-order chi connectivity index (χ1) is 8.74. The van der Waals surface area contributed by atoms with Gasteiger partial charge >= 0.3 is 18.3 Å². The molecule has 1 aromatic heterocycles. The molecule has 0 spiro atoms. The van der Waals surface area contributed by atoms with Gasteiger partial charge in [0.05, 0.1) is 0 Å². The Morgan fingerprint density at radius 1 is 1.37 bits per heavy atom.